The summed E-state index contributed by atoms with van der Waals surface area (Å²) in [5, 5.41) is 0. The summed E-state index contributed by atoms with van der Waals surface area (Å²) in [5.74, 6) is 0.832. The lowest BCUT2D eigenvalue weighted by Gasteiger charge is -2.34. The lowest BCUT2D eigenvalue weighted by Crippen LogP contribution is -2.46. The number of fused-ring (bicyclic) bond motifs is 1. The van der Waals surface area contributed by atoms with Crippen molar-refractivity contribution in [3.63, 3.8) is 0 Å². The first kappa shape index (κ1) is 15.8. The van der Waals surface area contributed by atoms with Crippen LogP contribution in [0.2, 0.25) is 0 Å². The number of hydrogen-bond donors (Lipinski definition) is 1. The highest BCUT2D eigenvalue weighted by Crippen LogP contribution is 2.35. The van der Waals surface area contributed by atoms with E-state index in [1.807, 2.05) is 44.1 Å². The zero-order chi connectivity index (χ0) is 15.4. The van der Waals surface area contributed by atoms with Crippen LogP contribution in [0.3, 0.4) is 0 Å². The SMILES string of the molecule is CCC1Oc2cc(CN)ccc2N(CCCN(C)C)C1=O. The summed E-state index contributed by atoms with van der Waals surface area (Å²) in [4.78, 5) is 16.5. The van der Waals surface area contributed by atoms with Gasteiger partial charge in [0.2, 0.25) is 0 Å². The van der Waals surface area contributed by atoms with Gasteiger partial charge < -0.3 is 20.3 Å². The Bertz CT molecular complexity index is 502. The molecule has 0 radical (unpaired) electrons. The van der Waals surface area contributed by atoms with Crippen molar-refractivity contribution in [3.8, 4) is 5.75 Å². The molecule has 2 N–H and O–H groups in total. The molecule has 5 heteroatoms. The van der Waals surface area contributed by atoms with Crippen LogP contribution < -0.4 is 15.4 Å². The molecular formula is C16H25N3O2. The van der Waals surface area contributed by atoms with Crippen LogP contribution in [0.5, 0.6) is 5.75 Å². The molecule has 5 nitrogen and oxygen atoms in total. The van der Waals surface area contributed by atoms with Gasteiger partial charge in [-0.25, -0.2) is 0 Å². The Kier molecular flexibility index (Phi) is 5.20. The predicted molar refractivity (Wildman–Crippen MR) is 84.6 cm³/mol. The third-order valence-corrected chi connectivity index (χ3v) is 3.72. The minimum absolute atomic E-state index is 0.0595. The quantitative estimate of drug-likeness (QED) is 0.865. The van der Waals surface area contributed by atoms with E-state index in [-0.39, 0.29) is 12.0 Å². The molecule has 0 aliphatic carbocycles. The van der Waals surface area contributed by atoms with Crippen molar-refractivity contribution in [3.05, 3.63) is 23.8 Å². The minimum Gasteiger partial charge on any atom is -0.478 e. The second kappa shape index (κ2) is 6.91. The van der Waals surface area contributed by atoms with Gasteiger partial charge in [0, 0.05) is 13.1 Å². The van der Waals surface area contributed by atoms with Gasteiger partial charge in [-0.05, 0) is 51.2 Å². The maximum Gasteiger partial charge on any atom is 0.268 e. The van der Waals surface area contributed by atoms with Crippen molar-refractivity contribution in [2.75, 3.05) is 32.1 Å². The molecule has 1 unspecified atom stereocenters. The van der Waals surface area contributed by atoms with Gasteiger partial charge in [-0.1, -0.05) is 13.0 Å². The van der Waals surface area contributed by atoms with Crippen molar-refractivity contribution in [2.24, 2.45) is 5.73 Å². The van der Waals surface area contributed by atoms with E-state index in [4.69, 9.17) is 10.5 Å². The molecule has 0 saturated heterocycles. The highest BCUT2D eigenvalue weighted by atomic mass is 16.5. The van der Waals surface area contributed by atoms with Gasteiger partial charge in [-0.15, -0.1) is 0 Å². The van der Waals surface area contributed by atoms with Gasteiger partial charge >= 0.3 is 0 Å². The number of carbonyl (C=O) groups excluding carboxylic acids is 1. The van der Waals surface area contributed by atoms with Crippen molar-refractivity contribution in [1.82, 2.24) is 4.90 Å². The van der Waals surface area contributed by atoms with E-state index < -0.39 is 0 Å². The Hall–Kier alpha value is -1.59. The van der Waals surface area contributed by atoms with Crippen molar-refractivity contribution in [2.45, 2.75) is 32.4 Å². The van der Waals surface area contributed by atoms with E-state index >= 15 is 0 Å². The third kappa shape index (κ3) is 3.54. The van der Waals surface area contributed by atoms with E-state index in [1.165, 1.54) is 0 Å². The number of nitrogens with two attached hydrogens (primary N) is 1. The third-order valence-electron chi connectivity index (χ3n) is 3.72. The van der Waals surface area contributed by atoms with Crippen LogP contribution in [0, 0.1) is 0 Å². The highest BCUT2D eigenvalue weighted by molar-refractivity contribution is 6.00. The average molecular weight is 291 g/mol. The van der Waals surface area contributed by atoms with Crippen LogP contribution in [0.25, 0.3) is 0 Å². The first-order valence-corrected chi connectivity index (χ1v) is 7.52. The van der Waals surface area contributed by atoms with E-state index in [0.717, 1.165) is 30.0 Å². The number of hydrogen-bond acceptors (Lipinski definition) is 4. The van der Waals surface area contributed by atoms with Crippen LogP contribution in [0.15, 0.2) is 18.2 Å². The number of amides is 1. The lowest BCUT2D eigenvalue weighted by molar-refractivity contribution is -0.126. The standard InChI is InChI=1S/C16H25N3O2/c1-4-14-16(20)19(9-5-8-18(2)3)13-7-6-12(11-17)10-15(13)21-14/h6-7,10,14H,4-5,8-9,11,17H2,1-3H3. The number of benzene rings is 1. The summed E-state index contributed by atoms with van der Waals surface area (Å²) in [6.45, 7) is 4.11. The first-order chi connectivity index (χ1) is 10.1. The summed E-state index contributed by atoms with van der Waals surface area (Å²) in [6.07, 6.45) is 1.23. The van der Waals surface area contributed by atoms with Crippen molar-refractivity contribution >= 4 is 11.6 Å². The fourth-order valence-electron chi connectivity index (χ4n) is 2.53. The molecule has 0 bridgehead atoms. The molecule has 0 saturated carbocycles. The van der Waals surface area contributed by atoms with Gasteiger partial charge in [-0.2, -0.15) is 0 Å². The molecular weight excluding hydrogens is 266 g/mol. The molecule has 0 spiro atoms. The van der Waals surface area contributed by atoms with Crippen LogP contribution in [0.1, 0.15) is 25.3 Å². The van der Waals surface area contributed by atoms with Gasteiger partial charge in [0.05, 0.1) is 5.69 Å². The van der Waals surface area contributed by atoms with E-state index in [1.54, 1.807) is 0 Å². The van der Waals surface area contributed by atoms with Crippen LogP contribution in [0.4, 0.5) is 5.69 Å². The number of anilines is 1. The summed E-state index contributed by atoms with van der Waals surface area (Å²) in [5.41, 5.74) is 7.57. The van der Waals surface area contributed by atoms with Crippen LogP contribution >= 0.6 is 0 Å². The minimum atomic E-state index is -0.384. The number of carbonyl (C=O) groups is 1. The second-order valence-electron chi connectivity index (χ2n) is 5.67. The molecule has 0 fully saturated rings. The molecule has 21 heavy (non-hydrogen) atoms. The molecule has 1 amide bonds. The zero-order valence-corrected chi connectivity index (χ0v) is 13.1. The fraction of sp³-hybridized carbons (Fsp3) is 0.562. The predicted octanol–water partition coefficient (Wildman–Crippen LogP) is 1.60. The number of rotatable bonds is 6. The van der Waals surface area contributed by atoms with Crippen LogP contribution in [-0.4, -0.2) is 44.1 Å². The largest absolute Gasteiger partial charge is 0.478 e. The Morgan fingerprint density at radius 3 is 2.76 bits per heavy atom. The number of ether oxygens (including phenoxy) is 1. The Morgan fingerprint density at radius 2 is 2.14 bits per heavy atom. The summed E-state index contributed by atoms with van der Waals surface area (Å²) in [6, 6.07) is 5.85. The average Bonchev–Trinajstić information content (AvgIpc) is 2.48. The molecule has 1 atom stereocenters. The fourth-order valence-corrected chi connectivity index (χ4v) is 2.53. The summed E-state index contributed by atoms with van der Waals surface area (Å²) in [7, 11) is 4.08. The van der Waals surface area contributed by atoms with Gasteiger partial charge in [0.1, 0.15) is 5.75 Å². The van der Waals surface area contributed by atoms with E-state index in [0.29, 0.717) is 19.5 Å². The second-order valence-corrected chi connectivity index (χ2v) is 5.67. The summed E-state index contributed by atoms with van der Waals surface area (Å²) >= 11 is 0. The molecule has 1 aliphatic heterocycles. The highest BCUT2D eigenvalue weighted by Gasteiger charge is 2.32. The van der Waals surface area contributed by atoms with E-state index in [2.05, 4.69) is 4.90 Å². The Balaban J connectivity index is 2.23. The monoisotopic (exact) mass is 291 g/mol. The Labute approximate surface area is 126 Å². The molecule has 0 aromatic heterocycles. The topological polar surface area (TPSA) is 58.8 Å². The number of nitrogens with zero attached hydrogens (tertiary/aromatic N) is 2. The lowest BCUT2D eigenvalue weighted by atomic mass is 10.1. The maximum absolute atomic E-state index is 12.5. The molecule has 2 rings (SSSR count). The summed E-state index contributed by atoms with van der Waals surface area (Å²) < 4.78 is 5.84. The van der Waals surface area contributed by atoms with Gasteiger partial charge in [-0.3, -0.25) is 4.79 Å². The van der Waals surface area contributed by atoms with E-state index in [9.17, 15) is 4.79 Å². The maximum atomic E-state index is 12.5. The normalized spacial score (nSPS) is 17.9. The van der Waals surface area contributed by atoms with Crippen molar-refractivity contribution < 1.29 is 9.53 Å². The smallest absolute Gasteiger partial charge is 0.268 e. The molecule has 1 aliphatic rings. The Morgan fingerprint density at radius 1 is 1.38 bits per heavy atom. The molecule has 1 heterocycles. The zero-order valence-electron chi connectivity index (χ0n) is 13.1. The molecule has 1 aromatic rings. The van der Waals surface area contributed by atoms with Gasteiger partial charge in [0.25, 0.3) is 5.91 Å². The molecule has 116 valence electrons. The first-order valence-electron chi connectivity index (χ1n) is 7.52. The van der Waals surface area contributed by atoms with Gasteiger partial charge in [0.15, 0.2) is 6.10 Å². The molecule has 1 aromatic carbocycles. The van der Waals surface area contributed by atoms with Crippen molar-refractivity contribution in [1.29, 1.82) is 0 Å². The van der Waals surface area contributed by atoms with Crippen LogP contribution in [-0.2, 0) is 11.3 Å².